The van der Waals surface area contributed by atoms with Crippen molar-refractivity contribution in [2.24, 2.45) is 11.5 Å². The Labute approximate surface area is 284 Å². The van der Waals surface area contributed by atoms with Gasteiger partial charge in [0.05, 0.1) is 6.04 Å². The van der Waals surface area contributed by atoms with Crippen LogP contribution in [0.4, 0.5) is 0 Å². The third kappa shape index (κ3) is 9.12. The fourth-order valence-corrected chi connectivity index (χ4v) is 5.97. The molecule has 49 heavy (non-hydrogen) atoms. The molecule has 0 aliphatic heterocycles. The fraction of sp³-hybridized carbons (Fsp3) is 0.297. The number of aliphatic carboxylic acids is 1. The van der Waals surface area contributed by atoms with Crippen LogP contribution in [0.1, 0.15) is 36.0 Å². The molecule has 2 heterocycles. The Morgan fingerprint density at radius 3 is 1.69 bits per heavy atom. The first-order valence-corrected chi connectivity index (χ1v) is 16.5. The molecule has 4 atom stereocenters. The van der Waals surface area contributed by atoms with Gasteiger partial charge in [-0.05, 0) is 48.2 Å². The van der Waals surface area contributed by atoms with Crippen LogP contribution in [0, 0.1) is 0 Å². The Hall–Kier alpha value is -5.46. The number of fused-ring (bicyclic) bond motifs is 2. The number of carbonyl (C=O) groups is 4. The van der Waals surface area contributed by atoms with Crippen LogP contribution in [0.5, 0.6) is 0 Å². The number of aromatic amines is 2. The van der Waals surface area contributed by atoms with Crippen molar-refractivity contribution < 1.29 is 24.3 Å². The number of nitrogens with one attached hydrogen (secondary N) is 5. The van der Waals surface area contributed by atoms with E-state index in [2.05, 4.69) is 25.9 Å². The number of para-hydroxylation sites is 2. The second-order valence-electron chi connectivity index (χ2n) is 12.2. The average Bonchev–Trinajstić information content (AvgIpc) is 3.71. The molecule has 12 nitrogen and oxygen atoms in total. The van der Waals surface area contributed by atoms with E-state index in [1.807, 2.05) is 78.9 Å². The Bertz CT molecular complexity index is 1890. The Balaban J connectivity index is 1.38. The largest absolute Gasteiger partial charge is 0.480 e. The van der Waals surface area contributed by atoms with Crippen LogP contribution in [-0.4, -0.2) is 69.5 Å². The van der Waals surface area contributed by atoms with Crippen molar-refractivity contribution in [3.8, 4) is 0 Å². The minimum atomic E-state index is -1.27. The first kappa shape index (κ1) is 34.9. The number of H-pyrrole nitrogens is 2. The van der Waals surface area contributed by atoms with Crippen LogP contribution in [0.25, 0.3) is 21.8 Å². The minimum Gasteiger partial charge on any atom is -0.480 e. The van der Waals surface area contributed by atoms with Crippen LogP contribution < -0.4 is 27.4 Å². The van der Waals surface area contributed by atoms with Gasteiger partial charge in [0.15, 0.2) is 0 Å². The van der Waals surface area contributed by atoms with Gasteiger partial charge in [-0.15, -0.1) is 0 Å². The molecule has 0 saturated carbocycles. The molecule has 256 valence electrons. The van der Waals surface area contributed by atoms with Crippen LogP contribution >= 0.6 is 0 Å². The molecule has 0 bridgehead atoms. The normalized spacial score (nSPS) is 13.8. The summed E-state index contributed by atoms with van der Waals surface area (Å²) in [5, 5.41) is 20.1. The molecule has 10 N–H and O–H groups in total. The maximum absolute atomic E-state index is 14.1. The van der Waals surface area contributed by atoms with Gasteiger partial charge in [0.1, 0.15) is 18.1 Å². The van der Waals surface area contributed by atoms with Gasteiger partial charge in [-0.2, -0.15) is 0 Å². The molecule has 0 radical (unpaired) electrons. The zero-order valence-corrected chi connectivity index (χ0v) is 27.2. The van der Waals surface area contributed by atoms with Crippen molar-refractivity contribution >= 4 is 45.5 Å². The van der Waals surface area contributed by atoms with Gasteiger partial charge in [-0.25, -0.2) is 4.79 Å². The van der Waals surface area contributed by atoms with Crippen molar-refractivity contribution in [1.82, 2.24) is 25.9 Å². The second-order valence-corrected chi connectivity index (χ2v) is 12.2. The zero-order chi connectivity index (χ0) is 34.8. The highest BCUT2D eigenvalue weighted by atomic mass is 16.4. The monoisotopic (exact) mass is 665 g/mol. The number of hydrogen-bond donors (Lipinski definition) is 8. The van der Waals surface area contributed by atoms with E-state index >= 15 is 0 Å². The molecule has 0 fully saturated rings. The molecule has 2 aromatic heterocycles. The van der Waals surface area contributed by atoms with E-state index in [4.69, 9.17) is 11.5 Å². The summed E-state index contributed by atoms with van der Waals surface area (Å²) in [5.41, 5.74) is 15.8. The highest BCUT2D eigenvalue weighted by molar-refractivity contribution is 5.95. The maximum atomic E-state index is 14.1. The number of aromatic nitrogens is 2. The summed E-state index contributed by atoms with van der Waals surface area (Å²) in [7, 11) is 0. The van der Waals surface area contributed by atoms with Crippen LogP contribution in [0.2, 0.25) is 0 Å². The SMILES string of the molecule is NCCCCC(N)C(=O)NC(Cc1c[nH]c2ccccc12)C(=O)NC(Cc1ccccc1)C(=O)NC(Cc1c[nH]c2ccccc12)C(=O)O. The highest BCUT2D eigenvalue weighted by Crippen LogP contribution is 2.21. The van der Waals surface area contributed by atoms with Gasteiger partial charge in [0.25, 0.3) is 0 Å². The third-order valence-electron chi connectivity index (χ3n) is 8.67. The van der Waals surface area contributed by atoms with Crippen molar-refractivity contribution in [2.45, 2.75) is 62.7 Å². The fourth-order valence-electron chi connectivity index (χ4n) is 5.97. The van der Waals surface area contributed by atoms with Gasteiger partial charge >= 0.3 is 5.97 Å². The number of amides is 3. The lowest BCUT2D eigenvalue weighted by molar-refractivity contribution is -0.142. The summed E-state index contributed by atoms with van der Waals surface area (Å²) in [4.78, 5) is 59.9. The van der Waals surface area contributed by atoms with Crippen LogP contribution in [-0.2, 0) is 38.4 Å². The molecule has 3 amide bonds. The third-order valence-corrected chi connectivity index (χ3v) is 8.67. The summed E-state index contributed by atoms with van der Waals surface area (Å²) in [6, 6.07) is 19.9. The second kappa shape index (κ2) is 16.6. The molecular formula is C37H43N7O5. The van der Waals surface area contributed by atoms with Gasteiger partial charge in [0.2, 0.25) is 17.7 Å². The predicted molar refractivity (Wildman–Crippen MR) is 188 cm³/mol. The molecule has 12 heteroatoms. The summed E-state index contributed by atoms with van der Waals surface area (Å²) < 4.78 is 0. The highest BCUT2D eigenvalue weighted by Gasteiger charge is 2.31. The van der Waals surface area contributed by atoms with Gasteiger partial charge in [-0.3, -0.25) is 14.4 Å². The standard InChI is InChI=1S/C37H43N7O5/c38-17-9-8-14-28(39)34(45)42-32(19-24-21-40-29-15-6-4-12-26(24)29)36(47)43-31(18-23-10-2-1-3-11-23)35(46)44-33(37(48)49)20-25-22-41-30-16-7-5-13-27(25)30/h1-7,10-13,15-16,21-22,28,31-33,40-41H,8-9,14,17-20,38-39H2,(H,42,45)(H,43,47)(H,44,46)(H,48,49). The predicted octanol–water partition coefficient (Wildman–Crippen LogP) is 2.67. The Morgan fingerprint density at radius 2 is 1.12 bits per heavy atom. The number of hydrogen-bond acceptors (Lipinski definition) is 6. The van der Waals surface area contributed by atoms with Crippen molar-refractivity contribution in [2.75, 3.05) is 6.54 Å². The molecule has 4 unspecified atom stereocenters. The van der Waals surface area contributed by atoms with Crippen LogP contribution in [0.3, 0.4) is 0 Å². The Kier molecular flexibility index (Phi) is 11.8. The first-order valence-electron chi connectivity index (χ1n) is 16.5. The lowest BCUT2D eigenvalue weighted by atomic mass is 10.0. The number of carboxylic acids is 1. The maximum Gasteiger partial charge on any atom is 0.326 e. The number of rotatable bonds is 17. The molecule has 0 spiro atoms. The zero-order valence-electron chi connectivity index (χ0n) is 27.2. The van der Waals surface area contributed by atoms with Crippen molar-refractivity contribution in [3.63, 3.8) is 0 Å². The molecule has 0 saturated heterocycles. The van der Waals surface area contributed by atoms with E-state index in [0.717, 1.165) is 38.5 Å². The van der Waals surface area contributed by atoms with Crippen LogP contribution in [0.15, 0.2) is 91.3 Å². The van der Waals surface area contributed by atoms with E-state index in [-0.39, 0.29) is 19.3 Å². The molecular weight excluding hydrogens is 622 g/mol. The summed E-state index contributed by atoms with van der Waals surface area (Å²) in [5.74, 6) is -2.98. The summed E-state index contributed by atoms with van der Waals surface area (Å²) in [6.45, 7) is 0.481. The lowest BCUT2D eigenvalue weighted by Crippen LogP contribution is -2.58. The summed E-state index contributed by atoms with van der Waals surface area (Å²) >= 11 is 0. The number of unbranched alkanes of at least 4 members (excludes halogenated alkanes) is 1. The van der Waals surface area contributed by atoms with Gasteiger partial charge in [-0.1, -0.05) is 73.2 Å². The molecule has 0 aliphatic rings. The first-order chi connectivity index (χ1) is 23.7. The molecule has 3 aromatic carbocycles. The van der Waals surface area contributed by atoms with E-state index in [1.165, 1.54) is 0 Å². The molecule has 5 rings (SSSR count). The number of benzene rings is 3. The topological polar surface area (TPSA) is 208 Å². The summed E-state index contributed by atoms with van der Waals surface area (Å²) in [6.07, 6.45) is 5.53. The number of carbonyl (C=O) groups excluding carboxylic acids is 3. The average molecular weight is 666 g/mol. The van der Waals surface area contributed by atoms with Crippen molar-refractivity contribution in [1.29, 1.82) is 0 Å². The smallest absolute Gasteiger partial charge is 0.326 e. The lowest BCUT2D eigenvalue weighted by Gasteiger charge is -2.25. The van der Waals surface area contributed by atoms with Gasteiger partial charge in [0, 0.05) is 53.5 Å². The van der Waals surface area contributed by atoms with E-state index in [0.29, 0.717) is 25.8 Å². The van der Waals surface area contributed by atoms with Gasteiger partial charge < -0.3 is 42.5 Å². The van der Waals surface area contributed by atoms with E-state index in [9.17, 15) is 24.3 Å². The van der Waals surface area contributed by atoms with E-state index < -0.39 is 47.9 Å². The van der Waals surface area contributed by atoms with E-state index in [1.54, 1.807) is 12.4 Å². The quantitative estimate of drug-likeness (QED) is 0.0696. The molecule has 5 aromatic rings. The Morgan fingerprint density at radius 1 is 0.633 bits per heavy atom. The van der Waals surface area contributed by atoms with Crippen molar-refractivity contribution in [3.05, 3.63) is 108 Å². The molecule has 0 aliphatic carbocycles. The number of carboxylic acid groups (broad SMARTS) is 1. The number of nitrogens with two attached hydrogens (primary N) is 2. The minimum absolute atomic E-state index is 0.0262.